The molecule has 0 aromatic rings. The van der Waals surface area contributed by atoms with Gasteiger partial charge >= 0.3 is 17.9 Å². The molecule has 0 saturated heterocycles. The Bertz CT molecular complexity index is 1460. The molecule has 0 aliphatic heterocycles. The summed E-state index contributed by atoms with van der Waals surface area (Å²) in [4.78, 5) is 38.0. The van der Waals surface area contributed by atoms with Crippen molar-refractivity contribution in [1.82, 2.24) is 0 Å². The molecular formula is C60H94O6. The molecule has 0 aliphatic carbocycles. The Labute approximate surface area is 405 Å². The van der Waals surface area contributed by atoms with E-state index >= 15 is 0 Å². The number of unbranched alkanes of at least 4 members (excludes halogenated alkanes) is 12. The number of hydrogen-bond acceptors (Lipinski definition) is 6. The van der Waals surface area contributed by atoms with Gasteiger partial charge in [-0.25, -0.2) is 0 Å². The summed E-state index contributed by atoms with van der Waals surface area (Å²) in [6, 6.07) is 0. The smallest absolute Gasteiger partial charge is 0.306 e. The van der Waals surface area contributed by atoms with Crippen LogP contribution in [0.25, 0.3) is 0 Å². The molecule has 0 saturated carbocycles. The van der Waals surface area contributed by atoms with E-state index in [0.29, 0.717) is 12.8 Å². The average Bonchev–Trinajstić information content (AvgIpc) is 3.31. The van der Waals surface area contributed by atoms with Gasteiger partial charge in [-0.15, -0.1) is 0 Å². The van der Waals surface area contributed by atoms with Crippen LogP contribution in [0.3, 0.4) is 0 Å². The van der Waals surface area contributed by atoms with E-state index < -0.39 is 6.10 Å². The maximum Gasteiger partial charge on any atom is 0.306 e. The zero-order valence-electron chi connectivity index (χ0n) is 42.1. The third-order valence-corrected chi connectivity index (χ3v) is 10.4. The second kappa shape index (κ2) is 53.2. The van der Waals surface area contributed by atoms with Gasteiger partial charge in [-0.05, 0) is 122 Å². The fraction of sp³-hybridized carbons (Fsp3) is 0.583. The zero-order chi connectivity index (χ0) is 47.9. The number of hydrogen-bond donors (Lipinski definition) is 0. The van der Waals surface area contributed by atoms with E-state index in [1.54, 1.807) is 0 Å². The maximum absolute atomic E-state index is 12.8. The zero-order valence-corrected chi connectivity index (χ0v) is 42.1. The second-order valence-electron chi connectivity index (χ2n) is 16.7. The van der Waals surface area contributed by atoms with Crippen molar-refractivity contribution in [2.24, 2.45) is 0 Å². The Morgan fingerprint density at radius 3 is 0.985 bits per heavy atom. The molecule has 0 amide bonds. The van der Waals surface area contributed by atoms with Crippen LogP contribution in [0.4, 0.5) is 0 Å². The highest BCUT2D eigenvalue weighted by Crippen LogP contribution is 2.12. The third kappa shape index (κ3) is 50.5. The van der Waals surface area contributed by atoms with E-state index in [0.717, 1.165) is 141 Å². The first-order valence-corrected chi connectivity index (χ1v) is 26.2. The summed E-state index contributed by atoms with van der Waals surface area (Å²) in [6.07, 6.45) is 74.3. The number of rotatable bonds is 45. The van der Waals surface area contributed by atoms with Gasteiger partial charge in [-0.3, -0.25) is 14.4 Å². The molecule has 370 valence electrons. The van der Waals surface area contributed by atoms with Gasteiger partial charge in [0.05, 0.1) is 0 Å². The Morgan fingerprint density at radius 1 is 0.318 bits per heavy atom. The summed E-state index contributed by atoms with van der Waals surface area (Å²) in [7, 11) is 0. The van der Waals surface area contributed by atoms with Crippen molar-refractivity contribution in [2.45, 2.75) is 213 Å². The SMILES string of the molecule is CC/C=C\C/C=C\C/C=C\C/C=C\C/C=C\CCCC(=O)OCC(COC(=O)CCCCCCC/C=C\C/C=C\CCCC)OC(=O)CCCCCC/C=C\C/C=C\C/C=C\C/C=C\CC. The standard InChI is InChI=1S/C60H94O6/c1-4-7-10-13-16-19-22-25-28-30-32-35-38-41-44-47-50-53-59(62)65-56-57(55-64-58(61)52-49-46-43-40-37-34-27-24-21-18-15-12-9-6-3)66-60(63)54-51-48-45-42-39-36-33-31-29-26-23-20-17-14-11-8-5-2/h7-8,10-11,15-20,24-29,32-33,35-36,41,44,57H,4-6,9,12-14,21-23,30-31,34,37-40,42-43,45-56H2,1-3H3/b10-7-,11-8-,18-15-,19-16-,20-17-,27-24-,28-25-,29-26-,35-32-,36-33-,44-41-. The quantitative estimate of drug-likeness (QED) is 0.0262. The topological polar surface area (TPSA) is 78.9 Å². The van der Waals surface area contributed by atoms with Crippen LogP contribution in [-0.4, -0.2) is 37.2 Å². The van der Waals surface area contributed by atoms with Gasteiger partial charge in [0.15, 0.2) is 6.10 Å². The lowest BCUT2D eigenvalue weighted by Crippen LogP contribution is -2.30. The lowest BCUT2D eigenvalue weighted by atomic mass is 10.1. The number of carbonyl (C=O) groups excluding carboxylic acids is 3. The predicted molar refractivity (Wildman–Crippen MR) is 283 cm³/mol. The predicted octanol–water partition coefficient (Wildman–Crippen LogP) is 17.5. The molecule has 0 fully saturated rings. The minimum atomic E-state index is -0.825. The molecule has 6 nitrogen and oxygen atoms in total. The largest absolute Gasteiger partial charge is 0.462 e. The molecule has 0 rings (SSSR count). The van der Waals surface area contributed by atoms with Crippen molar-refractivity contribution in [1.29, 1.82) is 0 Å². The van der Waals surface area contributed by atoms with Crippen LogP contribution in [0.5, 0.6) is 0 Å². The molecule has 0 spiro atoms. The van der Waals surface area contributed by atoms with Gasteiger partial charge in [0, 0.05) is 19.3 Å². The Kier molecular flexibility index (Phi) is 49.6. The molecule has 0 heterocycles. The second-order valence-corrected chi connectivity index (χ2v) is 16.7. The van der Waals surface area contributed by atoms with Crippen LogP contribution in [0, 0.1) is 0 Å². The minimum absolute atomic E-state index is 0.118. The van der Waals surface area contributed by atoms with E-state index in [4.69, 9.17) is 14.2 Å². The van der Waals surface area contributed by atoms with Gasteiger partial charge in [0.25, 0.3) is 0 Å². The fourth-order valence-electron chi connectivity index (χ4n) is 6.48. The summed E-state index contributed by atoms with van der Waals surface area (Å²) in [5.74, 6) is -1.02. The van der Waals surface area contributed by atoms with Gasteiger partial charge in [-0.1, -0.05) is 199 Å². The first-order chi connectivity index (χ1) is 32.5. The molecular weight excluding hydrogens is 817 g/mol. The normalized spacial score (nSPS) is 13.2. The summed E-state index contributed by atoms with van der Waals surface area (Å²) in [5.41, 5.74) is 0. The maximum atomic E-state index is 12.8. The van der Waals surface area contributed by atoms with Gasteiger partial charge in [-0.2, -0.15) is 0 Å². The number of allylic oxidation sites excluding steroid dienone is 22. The van der Waals surface area contributed by atoms with E-state index in [1.165, 1.54) is 19.3 Å². The van der Waals surface area contributed by atoms with Crippen LogP contribution in [0.15, 0.2) is 134 Å². The van der Waals surface area contributed by atoms with E-state index in [9.17, 15) is 14.4 Å². The molecule has 1 atom stereocenters. The molecule has 1 unspecified atom stereocenters. The van der Waals surface area contributed by atoms with Crippen molar-refractivity contribution < 1.29 is 28.6 Å². The van der Waals surface area contributed by atoms with Crippen molar-refractivity contribution >= 4 is 17.9 Å². The van der Waals surface area contributed by atoms with Crippen molar-refractivity contribution in [2.75, 3.05) is 13.2 Å². The fourth-order valence-corrected chi connectivity index (χ4v) is 6.48. The summed E-state index contributed by atoms with van der Waals surface area (Å²) in [6.45, 7) is 6.27. The van der Waals surface area contributed by atoms with Gasteiger partial charge in [0.1, 0.15) is 13.2 Å². The highest BCUT2D eigenvalue weighted by Gasteiger charge is 2.19. The molecule has 66 heavy (non-hydrogen) atoms. The molecule has 0 bridgehead atoms. The molecule has 0 aromatic carbocycles. The van der Waals surface area contributed by atoms with Crippen molar-refractivity contribution in [3.63, 3.8) is 0 Å². The molecule has 0 radical (unpaired) electrons. The minimum Gasteiger partial charge on any atom is -0.462 e. The van der Waals surface area contributed by atoms with Crippen molar-refractivity contribution in [3.8, 4) is 0 Å². The first kappa shape index (κ1) is 61.5. The van der Waals surface area contributed by atoms with Crippen molar-refractivity contribution in [3.05, 3.63) is 134 Å². The number of carbonyl (C=O) groups is 3. The molecule has 0 aromatic heterocycles. The van der Waals surface area contributed by atoms with Crippen LogP contribution < -0.4 is 0 Å². The third-order valence-electron chi connectivity index (χ3n) is 10.4. The van der Waals surface area contributed by atoms with Crippen LogP contribution in [-0.2, 0) is 28.6 Å². The monoisotopic (exact) mass is 911 g/mol. The van der Waals surface area contributed by atoms with E-state index in [-0.39, 0.29) is 44.0 Å². The Morgan fingerprint density at radius 2 is 0.606 bits per heavy atom. The summed E-state index contributed by atoms with van der Waals surface area (Å²) >= 11 is 0. The Balaban J connectivity index is 4.58. The summed E-state index contributed by atoms with van der Waals surface area (Å²) < 4.78 is 16.7. The lowest BCUT2D eigenvalue weighted by molar-refractivity contribution is -0.167. The van der Waals surface area contributed by atoms with Crippen LogP contribution >= 0.6 is 0 Å². The number of esters is 3. The van der Waals surface area contributed by atoms with Gasteiger partial charge in [0.2, 0.25) is 0 Å². The molecule has 0 aliphatic rings. The lowest BCUT2D eigenvalue weighted by Gasteiger charge is -2.18. The summed E-state index contributed by atoms with van der Waals surface area (Å²) in [5, 5.41) is 0. The van der Waals surface area contributed by atoms with E-state index in [1.807, 2.05) is 0 Å². The number of ether oxygens (including phenoxy) is 3. The first-order valence-electron chi connectivity index (χ1n) is 26.2. The molecule has 6 heteroatoms. The van der Waals surface area contributed by atoms with E-state index in [2.05, 4.69) is 154 Å². The average molecular weight is 911 g/mol. The Hall–Kier alpha value is -4.45. The van der Waals surface area contributed by atoms with Crippen LogP contribution in [0.1, 0.15) is 207 Å². The molecule has 0 N–H and O–H groups in total. The highest BCUT2D eigenvalue weighted by molar-refractivity contribution is 5.71. The van der Waals surface area contributed by atoms with Crippen LogP contribution in [0.2, 0.25) is 0 Å². The highest BCUT2D eigenvalue weighted by atomic mass is 16.6. The van der Waals surface area contributed by atoms with Gasteiger partial charge < -0.3 is 14.2 Å².